The molecule has 0 fully saturated rings. The number of Topliss-reactive ketones (excluding diaryl/α,β-unsaturated/α-hetero) is 2. The zero-order valence-electron chi connectivity index (χ0n) is 7.25. The third-order valence-corrected chi connectivity index (χ3v) is 1.42. The Balaban J connectivity index is 3.72. The van der Waals surface area contributed by atoms with Gasteiger partial charge in [0.2, 0.25) is 0 Å². The number of hydrogen-bond acceptors (Lipinski definition) is 4. The van der Waals surface area contributed by atoms with Crippen LogP contribution in [-0.2, 0) is 19.1 Å². The van der Waals surface area contributed by atoms with E-state index in [0.717, 1.165) is 0 Å². The Morgan fingerprint density at radius 2 is 1.67 bits per heavy atom. The number of esters is 1. The van der Waals surface area contributed by atoms with Crippen LogP contribution in [0.5, 0.6) is 0 Å². The number of carbonyl (C=O) groups is 3. The summed E-state index contributed by atoms with van der Waals surface area (Å²) < 4.78 is 4.31. The van der Waals surface area contributed by atoms with Crippen molar-refractivity contribution >= 4 is 17.5 Å². The van der Waals surface area contributed by atoms with Gasteiger partial charge in [0.25, 0.3) is 0 Å². The van der Waals surface area contributed by atoms with E-state index >= 15 is 0 Å². The van der Waals surface area contributed by atoms with Crippen LogP contribution in [0, 0.1) is 0 Å². The molecule has 0 aliphatic heterocycles. The van der Waals surface area contributed by atoms with Gasteiger partial charge in [0, 0.05) is 12.8 Å². The average Bonchev–Trinajstić information content (AvgIpc) is 2.11. The molecule has 4 nitrogen and oxygen atoms in total. The normalized spacial score (nSPS) is 9.17. The first-order valence-electron chi connectivity index (χ1n) is 3.74. The summed E-state index contributed by atoms with van der Waals surface area (Å²) in [6, 6.07) is 0. The Morgan fingerprint density at radius 1 is 1.08 bits per heavy atom. The van der Waals surface area contributed by atoms with Crippen LogP contribution in [0.1, 0.15) is 26.2 Å². The minimum absolute atomic E-state index is 0.0128. The molecule has 0 atom stereocenters. The molecular formula is C8H12O4. The van der Waals surface area contributed by atoms with Gasteiger partial charge in [-0.3, -0.25) is 14.4 Å². The number of carbonyl (C=O) groups excluding carboxylic acids is 3. The zero-order chi connectivity index (χ0) is 9.56. The van der Waals surface area contributed by atoms with E-state index in [9.17, 15) is 14.4 Å². The summed E-state index contributed by atoms with van der Waals surface area (Å²) in [5.74, 6) is -1.39. The molecule has 0 spiro atoms. The predicted molar refractivity (Wildman–Crippen MR) is 41.6 cm³/mol. The quantitative estimate of drug-likeness (QED) is 0.447. The molecule has 0 rings (SSSR count). The maximum atomic E-state index is 10.8. The van der Waals surface area contributed by atoms with Gasteiger partial charge in [0.05, 0.1) is 13.5 Å². The second kappa shape index (κ2) is 5.46. The summed E-state index contributed by atoms with van der Waals surface area (Å²) in [6.07, 6.45) is 0.139. The molecule has 0 aliphatic rings. The highest BCUT2D eigenvalue weighted by atomic mass is 16.5. The molecule has 0 bridgehead atoms. The molecule has 12 heavy (non-hydrogen) atoms. The molecular weight excluding hydrogens is 160 g/mol. The molecule has 0 N–H and O–H groups in total. The lowest BCUT2D eigenvalue weighted by atomic mass is 10.1. The summed E-state index contributed by atoms with van der Waals surface area (Å²) in [6.45, 7) is 1.61. The molecule has 0 saturated heterocycles. The lowest BCUT2D eigenvalue weighted by Crippen LogP contribution is -2.14. The Kier molecular flexibility index (Phi) is 4.92. The van der Waals surface area contributed by atoms with E-state index in [1.165, 1.54) is 7.11 Å². The van der Waals surface area contributed by atoms with Crippen LogP contribution in [0.25, 0.3) is 0 Å². The molecule has 0 aromatic rings. The third-order valence-electron chi connectivity index (χ3n) is 1.42. The van der Waals surface area contributed by atoms with E-state index in [2.05, 4.69) is 4.74 Å². The fraction of sp³-hybridized carbons (Fsp3) is 0.625. The van der Waals surface area contributed by atoms with Crippen molar-refractivity contribution in [2.24, 2.45) is 0 Å². The van der Waals surface area contributed by atoms with Crippen LogP contribution in [0.2, 0.25) is 0 Å². The van der Waals surface area contributed by atoms with E-state index in [0.29, 0.717) is 0 Å². The maximum absolute atomic E-state index is 10.8. The molecule has 0 amide bonds. The first kappa shape index (κ1) is 10.8. The number of rotatable bonds is 5. The van der Waals surface area contributed by atoms with Crippen LogP contribution < -0.4 is 0 Å². The van der Waals surface area contributed by atoms with E-state index < -0.39 is 17.5 Å². The van der Waals surface area contributed by atoms with Crippen molar-refractivity contribution in [3.63, 3.8) is 0 Å². The largest absolute Gasteiger partial charge is 0.469 e. The maximum Gasteiger partial charge on any atom is 0.305 e. The van der Waals surface area contributed by atoms with E-state index in [-0.39, 0.29) is 19.3 Å². The summed E-state index contributed by atoms with van der Waals surface area (Å²) in [5.41, 5.74) is 0. The number of hydrogen-bond donors (Lipinski definition) is 0. The lowest BCUT2D eigenvalue weighted by Gasteiger charge is -1.96. The minimum Gasteiger partial charge on any atom is -0.469 e. The molecule has 68 valence electrons. The zero-order valence-corrected chi connectivity index (χ0v) is 7.25. The van der Waals surface area contributed by atoms with Gasteiger partial charge in [-0.2, -0.15) is 0 Å². The van der Waals surface area contributed by atoms with Crippen LogP contribution >= 0.6 is 0 Å². The number of ketones is 2. The van der Waals surface area contributed by atoms with E-state index in [4.69, 9.17) is 0 Å². The van der Waals surface area contributed by atoms with E-state index in [1.54, 1.807) is 6.92 Å². The van der Waals surface area contributed by atoms with Gasteiger partial charge in [-0.05, 0) is 0 Å². The molecule has 4 heteroatoms. The highest BCUT2D eigenvalue weighted by Crippen LogP contribution is 1.96. The molecule has 0 aliphatic carbocycles. The summed E-state index contributed by atoms with van der Waals surface area (Å²) in [7, 11) is 1.24. The summed E-state index contributed by atoms with van der Waals surface area (Å²) in [5, 5.41) is 0. The second-order valence-corrected chi connectivity index (χ2v) is 2.28. The van der Waals surface area contributed by atoms with Crippen LogP contribution in [-0.4, -0.2) is 24.6 Å². The van der Waals surface area contributed by atoms with Gasteiger partial charge in [0.15, 0.2) is 11.6 Å². The van der Waals surface area contributed by atoms with Crippen molar-refractivity contribution in [1.82, 2.24) is 0 Å². The first-order chi connectivity index (χ1) is 5.61. The van der Waals surface area contributed by atoms with Crippen molar-refractivity contribution < 1.29 is 19.1 Å². The van der Waals surface area contributed by atoms with Crippen molar-refractivity contribution in [3.05, 3.63) is 0 Å². The van der Waals surface area contributed by atoms with Gasteiger partial charge in [-0.1, -0.05) is 6.92 Å². The Bertz CT molecular complexity index is 195. The highest BCUT2D eigenvalue weighted by molar-refractivity contribution is 6.37. The van der Waals surface area contributed by atoms with Gasteiger partial charge in [-0.25, -0.2) is 0 Å². The molecule has 0 saturated carbocycles. The third kappa shape index (κ3) is 3.85. The molecule has 0 radical (unpaired) electrons. The monoisotopic (exact) mass is 172 g/mol. The average molecular weight is 172 g/mol. The predicted octanol–water partition coefficient (Wildman–Crippen LogP) is 0.488. The van der Waals surface area contributed by atoms with Gasteiger partial charge in [-0.15, -0.1) is 0 Å². The van der Waals surface area contributed by atoms with E-state index in [1.807, 2.05) is 0 Å². The highest BCUT2D eigenvalue weighted by Gasteiger charge is 2.12. The second-order valence-electron chi connectivity index (χ2n) is 2.28. The van der Waals surface area contributed by atoms with Crippen molar-refractivity contribution in [3.8, 4) is 0 Å². The molecule has 0 aromatic heterocycles. The van der Waals surface area contributed by atoms with Crippen LogP contribution in [0.3, 0.4) is 0 Å². The van der Waals surface area contributed by atoms with Crippen molar-refractivity contribution in [2.75, 3.05) is 7.11 Å². The Labute approximate surface area is 70.9 Å². The topological polar surface area (TPSA) is 60.4 Å². The lowest BCUT2D eigenvalue weighted by molar-refractivity contribution is -0.143. The molecule has 0 heterocycles. The number of ether oxygens (including phenoxy) is 1. The fourth-order valence-electron chi connectivity index (χ4n) is 0.654. The van der Waals surface area contributed by atoms with Gasteiger partial charge < -0.3 is 4.74 Å². The first-order valence-corrected chi connectivity index (χ1v) is 3.74. The van der Waals surface area contributed by atoms with Gasteiger partial charge >= 0.3 is 5.97 Å². The number of methoxy groups -OCH3 is 1. The Morgan fingerprint density at radius 3 is 2.08 bits per heavy atom. The SMILES string of the molecule is CCC(=O)C(=O)CCC(=O)OC. The van der Waals surface area contributed by atoms with Crippen molar-refractivity contribution in [1.29, 1.82) is 0 Å². The van der Waals surface area contributed by atoms with Crippen molar-refractivity contribution in [2.45, 2.75) is 26.2 Å². The minimum atomic E-state index is -0.497. The standard InChI is InChI=1S/C8H12O4/c1-3-6(9)7(10)4-5-8(11)12-2/h3-5H2,1-2H3. The molecule has 0 aromatic carbocycles. The van der Waals surface area contributed by atoms with Crippen LogP contribution in [0.15, 0.2) is 0 Å². The fourth-order valence-corrected chi connectivity index (χ4v) is 0.654. The Hall–Kier alpha value is -1.19. The van der Waals surface area contributed by atoms with Gasteiger partial charge in [0.1, 0.15) is 0 Å². The smallest absolute Gasteiger partial charge is 0.305 e. The molecule has 0 unspecified atom stereocenters. The summed E-state index contributed by atoms with van der Waals surface area (Å²) in [4.78, 5) is 32.1. The summed E-state index contributed by atoms with van der Waals surface area (Å²) >= 11 is 0. The van der Waals surface area contributed by atoms with Crippen LogP contribution in [0.4, 0.5) is 0 Å².